The molecule has 4 heteroatoms. The number of ketones is 1. The molecule has 0 fully saturated rings. The first-order chi connectivity index (χ1) is 8.65. The number of hydrogen-bond acceptors (Lipinski definition) is 2. The van der Waals surface area contributed by atoms with E-state index in [9.17, 15) is 4.79 Å². The summed E-state index contributed by atoms with van der Waals surface area (Å²) in [6, 6.07) is 4.97. The Kier molecular flexibility index (Phi) is 7.33. The molecule has 18 heavy (non-hydrogen) atoms. The third kappa shape index (κ3) is 5.38. The Labute approximate surface area is 119 Å². The third-order valence-corrected chi connectivity index (χ3v) is 3.47. The minimum absolute atomic E-state index is 0.0454. The molecule has 1 rings (SSSR count). The first-order valence-corrected chi connectivity index (χ1v) is 7.09. The summed E-state index contributed by atoms with van der Waals surface area (Å²) in [6.07, 6.45) is 4.80. The van der Waals surface area contributed by atoms with Crippen LogP contribution in [0.15, 0.2) is 18.2 Å². The SMILES string of the molecule is CCCCCCNCC(=O)c1ccc(Cl)c(Cl)c1. The molecule has 0 aromatic heterocycles. The lowest BCUT2D eigenvalue weighted by molar-refractivity contribution is 0.0991. The van der Waals surface area contributed by atoms with Gasteiger partial charge in [0.15, 0.2) is 5.78 Å². The summed E-state index contributed by atoms with van der Waals surface area (Å²) < 4.78 is 0. The predicted molar refractivity (Wildman–Crippen MR) is 77.8 cm³/mol. The molecular formula is C14H19Cl2NO. The van der Waals surface area contributed by atoms with Crippen LogP contribution in [0.5, 0.6) is 0 Å². The molecule has 0 unspecified atom stereocenters. The molecule has 0 spiro atoms. The molecule has 0 atom stereocenters. The minimum Gasteiger partial charge on any atom is -0.310 e. The molecule has 0 heterocycles. The van der Waals surface area contributed by atoms with Crippen molar-refractivity contribution in [1.82, 2.24) is 5.32 Å². The summed E-state index contributed by atoms with van der Waals surface area (Å²) in [5, 5.41) is 4.05. The molecule has 0 saturated carbocycles. The highest BCUT2D eigenvalue weighted by atomic mass is 35.5. The molecule has 0 amide bonds. The maximum absolute atomic E-state index is 11.8. The van der Waals surface area contributed by atoms with Crippen LogP contribution in [0, 0.1) is 0 Å². The number of Topliss-reactive ketones (excluding diaryl/α,β-unsaturated/α-hetero) is 1. The van der Waals surface area contributed by atoms with Crippen LogP contribution >= 0.6 is 23.2 Å². The van der Waals surface area contributed by atoms with Crippen molar-refractivity contribution in [3.8, 4) is 0 Å². The molecule has 1 aromatic carbocycles. The molecule has 0 saturated heterocycles. The topological polar surface area (TPSA) is 29.1 Å². The average Bonchev–Trinajstić information content (AvgIpc) is 2.36. The highest BCUT2D eigenvalue weighted by Crippen LogP contribution is 2.22. The van der Waals surface area contributed by atoms with Crippen molar-refractivity contribution in [2.75, 3.05) is 13.1 Å². The van der Waals surface area contributed by atoms with E-state index >= 15 is 0 Å². The quantitative estimate of drug-likeness (QED) is 0.569. The van der Waals surface area contributed by atoms with Crippen LogP contribution in [0.3, 0.4) is 0 Å². The minimum atomic E-state index is 0.0454. The average molecular weight is 288 g/mol. The zero-order valence-electron chi connectivity index (χ0n) is 10.6. The second-order valence-corrected chi connectivity index (χ2v) is 5.10. The van der Waals surface area contributed by atoms with Gasteiger partial charge in [-0.25, -0.2) is 0 Å². The van der Waals surface area contributed by atoms with E-state index in [1.165, 1.54) is 19.3 Å². The van der Waals surface area contributed by atoms with Crippen molar-refractivity contribution in [1.29, 1.82) is 0 Å². The van der Waals surface area contributed by atoms with Crippen LogP contribution in [0.1, 0.15) is 43.0 Å². The molecular weight excluding hydrogens is 269 g/mol. The second-order valence-electron chi connectivity index (χ2n) is 4.29. The van der Waals surface area contributed by atoms with Gasteiger partial charge in [0.25, 0.3) is 0 Å². The number of halogens is 2. The maximum Gasteiger partial charge on any atom is 0.176 e. The smallest absolute Gasteiger partial charge is 0.176 e. The number of carbonyl (C=O) groups is 1. The van der Waals surface area contributed by atoms with Crippen molar-refractivity contribution >= 4 is 29.0 Å². The summed E-state index contributed by atoms with van der Waals surface area (Å²) in [6.45, 7) is 3.42. The largest absolute Gasteiger partial charge is 0.310 e. The van der Waals surface area contributed by atoms with Crippen LogP contribution in [-0.2, 0) is 0 Å². The van der Waals surface area contributed by atoms with Gasteiger partial charge >= 0.3 is 0 Å². The standard InChI is InChI=1S/C14H19Cl2NO/c1-2-3-4-5-8-17-10-14(18)11-6-7-12(15)13(16)9-11/h6-7,9,17H,2-5,8,10H2,1H3. The summed E-state index contributed by atoms with van der Waals surface area (Å²) >= 11 is 11.7. The van der Waals surface area contributed by atoms with E-state index in [-0.39, 0.29) is 5.78 Å². The van der Waals surface area contributed by atoms with Gasteiger partial charge in [-0.1, -0.05) is 49.4 Å². The fourth-order valence-corrected chi connectivity index (χ4v) is 1.95. The molecule has 0 aliphatic carbocycles. The Bertz CT molecular complexity index is 393. The van der Waals surface area contributed by atoms with Crippen molar-refractivity contribution in [2.24, 2.45) is 0 Å². The van der Waals surface area contributed by atoms with Gasteiger partial charge in [-0.3, -0.25) is 4.79 Å². The Morgan fingerprint density at radius 1 is 1.17 bits per heavy atom. The number of carbonyl (C=O) groups excluding carboxylic acids is 1. The van der Waals surface area contributed by atoms with Crippen LogP contribution in [0.4, 0.5) is 0 Å². The van der Waals surface area contributed by atoms with Crippen LogP contribution in [0.2, 0.25) is 10.0 Å². The van der Waals surface area contributed by atoms with E-state index in [0.29, 0.717) is 22.2 Å². The van der Waals surface area contributed by atoms with Gasteiger partial charge in [-0.05, 0) is 31.2 Å². The van der Waals surface area contributed by atoms with Gasteiger partial charge in [0.1, 0.15) is 0 Å². The van der Waals surface area contributed by atoms with Gasteiger partial charge in [0.05, 0.1) is 16.6 Å². The van der Waals surface area contributed by atoms with E-state index in [1.54, 1.807) is 18.2 Å². The Hall–Kier alpha value is -0.570. The van der Waals surface area contributed by atoms with Crippen molar-refractivity contribution < 1.29 is 4.79 Å². The lowest BCUT2D eigenvalue weighted by atomic mass is 10.1. The van der Waals surface area contributed by atoms with Gasteiger partial charge in [-0.2, -0.15) is 0 Å². The highest BCUT2D eigenvalue weighted by Gasteiger charge is 2.07. The monoisotopic (exact) mass is 287 g/mol. The normalized spacial score (nSPS) is 10.6. The first-order valence-electron chi connectivity index (χ1n) is 6.34. The van der Waals surface area contributed by atoms with Crippen LogP contribution in [0.25, 0.3) is 0 Å². The van der Waals surface area contributed by atoms with Gasteiger partial charge in [0, 0.05) is 5.56 Å². The van der Waals surface area contributed by atoms with Crippen molar-refractivity contribution in [2.45, 2.75) is 32.6 Å². The molecule has 0 aliphatic rings. The Morgan fingerprint density at radius 2 is 1.94 bits per heavy atom. The summed E-state index contributed by atoms with van der Waals surface area (Å²) in [5.74, 6) is 0.0454. The fourth-order valence-electron chi connectivity index (χ4n) is 1.65. The number of nitrogens with one attached hydrogen (secondary N) is 1. The molecule has 2 nitrogen and oxygen atoms in total. The fraction of sp³-hybridized carbons (Fsp3) is 0.500. The first kappa shape index (κ1) is 15.5. The maximum atomic E-state index is 11.8. The van der Waals surface area contributed by atoms with Gasteiger partial charge in [-0.15, -0.1) is 0 Å². The predicted octanol–water partition coefficient (Wildman–Crippen LogP) is 4.35. The second kappa shape index (κ2) is 8.52. The molecule has 1 N–H and O–H groups in total. The van der Waals surface area contributed by atoms with E-state index < -0.39 is 0 Å². The van der Waals surface area contributed by atoms with E-state index in [4.69, 9.17) is 23.2 Å². The van der Waals surface area contributed by atoms with E-state index in [0.717, 1.165) is 13.0 Å². The summed E-state index contributed by atoms with van der Waals surface area (Å²) in [4.78, 5) is 11.8. The molecule has 1 aromatic rings. The third-order valence-electron chi connectivity index (χ3n) is 2.73. The van der Waals surface area contributed by atoms with E-state index in [1.807, 2.05) is 0 Å². The Morgan fingerprint density at radius 3 is 2.61 bits per heavy atom. The molecule has 0 aliphatic heterocycles. The van der Waals surface area contributed by atoms with Gasteiger partial charge < -0.3 is 5.32 Å². The lowest BCUT2D eigenvalue weighted by Gasteiger charge is -2.05. The number of rotatable bonds is 8. The van der Waals surface area contributed by atoms with Gasteiger partial charge in [0.2, 0.25) is 0 Å². The van der Waals surface area contributed by atoms with Crippen LogP contribution < -0.4 is 5.32 Å². The molecule has 0 bridgehead atoms. The number of hydrogen-bond donors (Lipinski definition) is 1. The Balaban J connectivity index is 2.30. The zero-order valence-corrected chi connectivity index (χ0v) is 12.2. The summed E-state index contributed by atoms with van der Waals surface area (Å²) in [5.41, 5.74) is 0.602. The van der Waals surface area contributed by atoms with E-state index in [2.05, 4.69) is 12.2 Å². The van der Waals surface area contributed by atoms with Crippen molar-refractivity contribution in [3.05, 3.63) is 33.8 Å². The molecule has 0 radical (unpaired) electrons. The number of unbranched alkanes of at least 4 members (excludes halogenated alkanes) is 3. The van der Waals surface area contributed by atoms with Crippen LogP contribution in [-0.4, -0.2) is 18.9 Å². The zero-order chi connectivity index (χ0) is 13.4. The molecule has 100 valence electrons. The highest BCUT2D eigenvalue weighted by molar-refractivity contribution is 6.42. The summed E-state index contributed by atoms with van der Waals surface area (Å²) in [7, 11) is 0. The van der Waals surface area contributed by atoms with Crippen molar-refractivity contribution in [3.63, 3.8) is 0 Å². The number of benzene rings is 1. The lowest BCUT2D eigenvalue weighted by Crippen LogP contribution is -2.24.